The first-order valence-corrected chi connectivity index (χ1v) is 7.73. The second kappa shape index (κ2) is 4.82. The van der Waals surface area contributed by atoms with Crippen LogP contribution in [0.25, 0.3) is 11.0 Å². The summed E-state index contributed by atoms with van der Waals surface area (Å²) in [4.78, 5) is 15.5. The van der Waals surface area contributed by atoms with Crippen molar-refractivity contribution in [2.45, 2.75) is 11.8 Å². The Kier molecular flexibility index (Phi) is 3.10. The van der Waals surface area contributed by atoms with Gasteiger partial charge in [0.15, 0.2) is 5.78 Å². The number of carbonyl (C=O) groups excluding carboxylic acids is 1. The number of fused-ring (bicyclic) bond motifs is 1. The summed E-state index contributed by atoms with van der Waals surface area (Å²) in [5.74, 6) is -0.105. The van der Waals surface area contributed by atoms with Gasteiger partial charge in [0.1, 0.15) is 6.33 Å². The molecule has 3 aromatic rings. The van der Waals surface area contributed by atoms with Gasteiger partial charge >= 0.3 is 0 Å². The maximum atomic E-state index is 12.6. The van der Waals surface area contributed by atoms with Gasteiger partial charge in [-0.1, -0.05) is 24.3 Å². The van der Waals surface area contributed by atoms with Crippen molar-refractivity contribution in [1.29, 1.82) is 0 Å². The van der Waals surface area contributed by atoms with Crippen LogP contribution in [0.5, 0.6) is 0 Å². The van der Waals surface area contributed by atoms with E-state index in [1.54, 1.807) is 24.3 Å². The molecule has 0 radical (unpaired) electrons. The summed E-state index contributed by atoms with van der Waals surface area (Å²) < 4.78 is 26.4. The Morgan fingerprint density at radius 3 is 2.38 bits per heavy atom. The van der Waals surface area contributed by atoms with E-state index in [2.05, 4.69) is 4.98 Å². The number of Topliss-reactive ketones (excluding diaryl/α,β-unsaturated/α-hetero) is 1. The highest BCUT2D eigenvalue weighted by molar-refractivity contribution is 7.90. The average Bonchev–Trinajstić information content (AvgIpc) is 2.92. The third-order valence-electron chi connectivity index (χ3n) is 3.24. The molecule has 0 aliphatic heterocycles. The van der Waals surface area contributed by atoms with Gasteiger partial charge in [-0.15, -0.1) is 0 Å². The van der Waals surface area contributed by atoms with Crippen molar-refractivity contribution in [3.63, 3.8) is 0 Å². The molecule has 0 aliphatic rings. The number of hydrogen-bond donors (Lipinski definition) is 0. The van der Waals surface area contributed by atoms with Gasteiger partial charge in [0.25, 0.3) is 10.0 Å². The number of hydrogen-bond acceptors (Lipinski definition) is 4. The van der Waals surface area contributed by atoms with E-state index in [1.165, 1.54) is 37.5 Å². The first-order chi connectivity index (χ1) is 10.00. The SMILES string of the molecule is CC(=O)c1ccc(S(=O)(=O)n2cnc3ccccc32)cc1. The summed E-state index contributed by atoms with van der Waals surface area (Å²) in [5, 5.41) is 0. The maximum Gasteiger partial charge on any atom is 0.269 e. The van der Waals surface area contributed by atoms with Gasteiger partial charge in [-0.05, 0) is 31.2 Å². The predicted octanol–water partition coefficient (Wildman–Crippen LogP) is 2.48. The monoisotopic (exact) mass is 300 g/mol. The lowest BCUT2D eigenvalue weighted by Gasteiger charge is -2.07. The number of rotatable bonds is 3. The lowest BCUT2D eigenvalue weighted by Crippen LogP contribution is -2.12. The van der Waals surface area contributed by atoms with Crippen molar-refractivity contribution >= 4 is 26.8 Å². The van der Waals surface area contributed by atoms with Crippen LogP contribution in [0, 0.1) is 0 Å². The molecule has 0 spiro atoms. The normalized spacial score (nSPS) is 11.7. The van der Waals surface area contributed by atoms with E-state index in [0.29, 0.717) is 16.6 Å². The van der Waals surface area contributed by atoms with Crippen LogP contribution < -0.4 is 0 Å². The Balaban J connectivity index is 2.14. The fourth-order valence-electron chi connectivity index (χ4n) is 2.10. The fraction of sp³-hybridized carbons (Fsp3) is 0.0667. The Labute approximate surface area is 121 Å². The number of nitrogens with zero attached hydrogens (tertiary/aromatic N) is 2. The second-order valence-electron chi connectivity index (χ2n) is 4.61. The second-order valence-corrected chi connectivity index (χ2v) is 6.43. The number of carbonyl (C=O) groups is 1. The Morgan fingerprint density at radius 1 is 1.05 bits per heavy atom. The Hall–Kier alpha value is -2.47. The highest BCUT2D eigenvalue weighted by atomic mass is 32.2. The zero-order chi connectivity index (χ0) is 15.0. The van der Waals surface area contributed by atoms with Crippen LogP contribution in [-0.4, -0.2) is 23.2 Å². The molecule has 106 valence electrons. The van der Waals surface area contributed by atoms with E-state index in [0.717, 1.165) is 3.97 Å². The first kappa shape index (κ1) is 13.5. The zero-order valence-electron chi connectivity index (χ0n) is 11.2. The fourth-order valence-corrected chi connectivity index (χ4v) is 3.39. The molecule has 21 heavy (non-hydrogen) atoms. The molecule has 0 amide bonds. The van der Waals surface area contributed by atoms with E-state index in [1.807, 2.05) is 0 Å². The van der Waals surface area contributed by atoms with Crippen LogP contribution in [-0.2, 0) is 10.0 Å². The number of aromatic nitrogens is 2. The third kappa shape index (κ3) is 2.23. The third-order valence-corrected chi connectivity index (χ3v) is 4.92. The van der Waals surface area contributed by atoms with E-state index < -0.39 is 10.0 Å². The van der Waals surface area contributed by atoms with Crippen LogP contribution in [0.1, 0.15) is 17.3 Å². The minimum absolute atomic E-state index is 0.105. The summed E-state index contributed by atoms with van der Waals surface area (Å²) in [7, 11) is -3.72. The van der Waals surface area contributed by atoms with E-state index in [9.17, 15) is 13.2 Å². The summed E-state index contributed by atoms with van der Waals surface area (Å²) in [5.41, 5.74) is 1.61. The molecule has 0 atom stereocenters. The smallest absolute Gasteiger partial charge is 0.269 e. The van der Waals surface area contributed by atoms with Crippen LogP contribution in [0.2, 0.25) is 0 Å². The molecule has 0 saturated carbocycles. The van der Waals surface area contributed by atoms with Gasteiger partial charge in [0.2, 0.25) is 0 Å². The maximum absolute atomic E-state index is 12.6. The molecule has 0 fully saturated rings. The summed E-state index contributed by atoms with van der Waals surface area (Å²) in [6.07, 6.45) is 1.29. The molecular weight excluding hydrogens is 288 g/mol. The van der Waals surface area contributed by atoms with Gasteiger partial charge < -0.3 is 0 Å². The zero-order valence-corrected chi connectivity index (χ0v) is 12.0. The number of benzene rings is 2. The minimum Gasteiger partial charge on any atom is -0.295 e. The van der Waals surface area contributed by atoms with Crippen molar-refractivity contribution in [3.8, 4) is 0 Å². The molecule has 0 bridgehead atoms. The molecule has 0 unspecified atom stereocenters. The molecular formula is C15H12N2O3S. The Morgan fingerprint density at radius 2 is 1.71 bits per heavy atom. The lowest BCUT2D eigenvalue weighted by atomic mass is 10.2. The van der Waals surface area contributed by atoms with Crippen molar-refractivity contribution in [3.05, 3.63) is 60.4 Å². The average molecular weight is 300 g/mol. The standard InChI is InChI=1S/C15H12N2O3S/c1-11(18)12-6-8-13(9-7-12)21(19,20)17-10-16-14-4-2-3-5-15(14)17/h2-10H,1H3. The number of ketones is 1. The molecule has 0 aliphatic carbocycles. The van der Waals surface area contributed by atoms with E-state index in [-0.39, 0.29) is 10.7 Å². The van der Waals surface area contributed by atoms with Crippen LogP contribution in [0.3, 0.4) is 0 Å². The molecule has 2 aromatic carbocycles. The summed E-state index contributed by atoms with van der Waals surface area (Å²) in [6, 6.07) is 12.9. The molecule has 0 N–H and O–H groups in total. The highest BCUT2D eigenvalue weighted by Crippen LogP contribution is 2.20. The molecule has 3 rings (SSSR count). The molecule has 1 heterocycles. The number of imidazole rings is 1. The van der Waals surface area contributed by atoms with Gasteiger partial charge in [0.05, 0.1) is 15.9 Å². The van der Waals surface area contributed by atoms with Gasteiger partial charge in [0, 0.05) is 5.56 Å². The van der Waals surface area contributed by atoms with Gasteiger partial charge in [-0.2, -0.15) is 0 Å². The van der Waals surface area contributed by atoms with Gasteiger partial charge in [-0.3, -0.25) is 4.79 Å². The predicted molar refractivity (Wildman–Crippen MR) is 78.8 cm³/mol. The van der Waals surface area contributed by atoms with Crippen molar-refractivity contribution in [1.82, 2.24) is 8.96 Å². The first-order valence-electron chi connectivity index (χ1n) is 6.29. The molecule has 0 saturated heterocycles. The minimum atomic E-state index is -3.72. The molecule has 1 aromatic heterocycles. The van der Waals surface area contributed by atoms with Crippen LogP contribution >= 0.6 is 0 Å². The van der Waals surface area contributed by atoms with E-state index in [4.69, 9.17) is 0 Å². The van der Waals surface area contributed by atoms with Crippen molar-refractivity contribution in [2.24, 2.45) is 0 Å². The molecule has 5 nitrogen and oxygen atoms in total. The quantitative estimate of drug-likeness (QED) is 0.697. The van der Waals surface area contributed by atoms with E-state index >= 15 is 0 Å². The van der Waals surface area contributed by atoms with Crippen LogP contribution in [0.4, 0.5) is 0 Å². The Bertz CT molecular complexity index is 925. The van der Waals surface area contributed by atoms with Crippen LogP contribution in [0.15, 0.2) is 59.8 Å². The summed E-state index contributed by atoms with van der Waals surface area (Å²) >= 11 is 0. The van der Waals surface area contributed by atoms with Gasteiger partial charge in [-0.25, -0.2) is 17.4 Å². The highest BCUT2D eigenvalue weighted by Gasteiger charge is 2.19. The molecule has 6 heteroatoms. The largest absolute Gasteiger partial charge is 0.295 e. The lowest BCUT2D eigenvalue weighted by molar-refractivity contribution is 0.101. The number of para-hydroxylation sites is 2. The topological polar surface area (TPSA) is 69.0 Å². The van der Waals surface area contributed by atoms with Crippen molar-refractivity contribution in [2.75, 3.05) is 0 Å². The van der Waals surface area contributed by atoms with Crippen molar-refractivity contribution < 1.29 is 13.2 Å². The summed E-state index contributed by atoms with van der Waals surface area (Å²) in [6.45, 7) is 1.44.